The lowest BCUT2D eigenvalue weighted by molar-refractivity contribution is 0.0267. The molecule has 3 heteroatoms. The molecule has 1 aliphatic heterocycles. The summed E-state index contributed by atoms with van der Waals surface area (Å²) < 4.78 is 11.2. The molecule has 1 rings (SSSR count). The summed E-state index contributed by atoms with van der Waals surface area (Å²) in [6.07, 6.45) is 5.99. The van der Waals surface area contributed by atoms with Crippen LogP contribution < -0.4 is 0 Å². The van der Waals surface area contributed by atoms with Gasteiger partial charge in [-0.1, -0.05) is 32.9 Å². The molecule has 0 radical (unpaired) electrons. The van der Waals surface area contributed by atoms with Crippen molar-refractivity contribution < 1.29 is 9.47 Å². The van der Waals surface area contributed by atoms with Crippen LogP contribution in [0.1, 0.15) is 26.7 Å². The molecule has 0 aromatic carbocycles. The normalized spacial score (nSPS) is 19.6. The van der Waals surface area contributed by atoms with Crippen molar-refractivity contribution in [2.24, 2.45) is 5.92 Å². The Morgan fingerprint density at radius 1 is 1.44 bits per heavy atom. The van der Waals surface area contributed by atoms with E-state index in [1.807, 2.05) is 12.2 Å². The molecule has 1 atom stereocenters. The van der Waals surface area contributed by atoms with Crippen molar-refractivity contribution in [3.63, 3.8) is 0 Å². The van der Waals surface area contributed by atoms with Crippen molar-refractivity contribution in [2.75, 3.05) is 39.5 Å². The van der Waals surface area contributed by atoms with Crippen LogP contribution in [0.25, 0.3) is 0 Å². The Morgan fingerprint density at radius 3 is 2.78 bits per heavy atom. The van der Waals surface area contributed by atoms with Crippen LogP contribution in [0.5, 0.6) is 0 Å². The zero-order valence-corrected chi connectivity index (χ0v) is 11.9. The minimum atomic E-state index is 0.666. The molecule has 1 fully saturated rings. The molecule has 1 saturated heterocycles. The van der Waals surface area contributed by atoms with Crippen LogP contribution in [-0.4, -0.2) is 44.4 Å². The maximum absolute atomic E-state index is 5.87. The molecule has 0 unspecified atom stereocenters. The predicted octanol–water partition coefficient (Wildman–Crippen LogP) is 2.84. The van der Waals surface area contributed by atoms with Gasteiger partial charge in [0.15, 0.2) is 0 Å². The first-order chi connectivity index (χ1) is 8.76. The number of ether oxygens (including phenoxy) is 2. The smallest absolute Gasteiger partial charge is 0.100 e. The molecule has 0 aliphatic carbocycles. The van der Waals surface area contributed by atoms with Gasteiger partial charge in [0.05, 0.1) is 19.0 Å². The minimum Gasteiger partial charge on any atom is -0.497 e. The van der Waals surface area contributed by atoms with Gasteiger partial charge in [-0.05, 0) is 12.0 Å². The number of allylic oxidation sites excluding steroid dienone is 3. The maximum Gasteiger partial charge on any atom is 0.100 e. The number of hydrogen-bond donors (Lipinski definition) is 0. The molecular weight excluding hydrogens is 226 g/mol. The van der Waals surface area contributed by atoms with E-state index in [-0.39, 0.29) is 0 Å². The highest BCUT2D eigenvalue weighted by Crippen LogP contribution is 2.15. The lowest BCUT2D eigenvalue weighted by Crippen LogP contribution is -2.38. The van der Waals surface area contributed by atoms with Gasteiger partial charge < -0.3 is 9.47 Å². The van der Waals surface area contributed by atoms with E-state index in [4.69, 9.17) is 9.47 Å². The van der Waals surface area contributed by atoms with Crippen molar-refractivity contribution in [3.05, 3.63) is 24.5 Å². The molecule has 0 aromatic heterocycles. The van der Waals surface area contributed by atoms with Gasteiger partial charge in [0, 0.05) is 26.1 Å². The second-order valence-corrected chi connectivity index (χ2v) is 4.89. The molecule has 0 bridgehead atoms. The standard InChI is InChI=1S/C15H27NO2/c1-4-6-15(13-14(3)5-2)18-12-9-16-7-10-17-11-8-16/h4,6,14H,1,5,7-13H2,2-3H3/b15-6+/t14-/m0/s1. The quantitative estimate of drug-likeness (QED) is 0.490. The molecule has 0 aromatic rings. The van der Waals surface area contributed by atoms with Gasteiger partial charge in [0.1, 0.15) is 6.61 Å². The molecule has 0 amide bonds. The van der Waals surface area contributed by atoms with Gasteiger partial charge in [0.25, 0.3) is 0 Å². The van der Waals surface area contributed by atoms with E-state index < -0.39 is 0 Å². The third kappa shape index (κ3) is 6.22. The number of nitrogens with zero attached hydrogens (tertiary/aromatic N) is 1. The van der Waals surface area contributed by atoms with Crippen LogP contribution in [0.3, 0.4) is 0 Å². The second kappa shape index (κ2) is 9.17. The van der Waals surface area contributed by atoms with Gasteiger partial charge in [-0.25, -0.2) is 0 Å². The van der Waals surface area contributed by atoms with Crippen molar-refractivity contribution in [1.82, 2.24) is 4.90 Å². The Hall–Kier alpha value is -0.800. The van der Waals surface area contributed by atoms with Gasteiger partial charge in [0.2, 0.25) is 0 Å². The van der Waals surface area contributed by atoms with E-state index in [9.17, 15) is 0 Å². The Balaban J connectivity index is 2.24. The number of hydrogen-bond acceptors (Lipinski definition) is 3. The summed E-state index contributed by atoms with van der Waals surface area (Å²) in [5, 5.41) is 0. The van der Waals surface area contributed by atoms with Crippen LogP contribution in [-0.2, 0) is 9.47 Å². The average Bonchev–Trinajstić information content (AvgIpc) is 2.40. The van der Waals surface area contributed by atoms with Crippen molar-refractivity contribution >= 4 is 0 Å². The molecule has 3 nitrogen and oxygen atoms in total. The van der Waals surface area contributed by atoms with Crippen molar-refractivity contribution in [1.29, 1.82) is 0 Å². The van der Waals surface area contributed by atoms with Gasteiger partial charge in [-0.3, -0.25) is 4.90 Å². The Kier molecular flexibility index (Phi) is 7.78. The third-order valence-corrected chi connectivity index (χ3v) is 3.35. The van der Waals surface area contributed by atoms with E-state index in [0.29, 0.717) is 5.92 Å². The highest BCUT2D eigenvalue weighted by molar-refractivity contribution is 5.04. The fraction of sp³-hybridized carbons (Fsp3) is 0.733. The van der Waals surface area contributed by atoms with E-state index in [2.05, 4.69) is 25.3 Å². The molecular formula is C15H27NO2. The molecule has 104 valence electrons. The lowest BCUT2D eigenvalue weighted by atomic mass is 10.0. The minimum absolute atomic E-state index is 0.666. The van der Waals surface area contributed by atoms with E-state index in [1.54, 1.807) is 0 Å². The zero-order chi connectivity index (χ0) is 13.2. The second-order valence-electron chi connectivity index (χ2n) is 4.89. The lowest BCUT2D eigenvalue weighted by Gasteiger charge is -2.26. The molecule has 0 spiro atoms. The SMILES string of the molecule is C=C/C=C(\C[C@@H](C)CC)OCCN1CCOCC1. The summed E-state index contributed by atoms with van der Waals surface area (Å²) in [7, 11) is 0. The fourth-order valence-electron chi connectivity index (χ4n) is 1.92. The third-order valence-electron chi connectivity index (χ3n) is 3.35. The first kappa shape index (κ1) is 15.3. The highest BCUT2D eigenvalue weighted by Gasteiger charge is 2.10. The summed E-state index contributed by atoms with van der Waals surface area (Å²) in [5.41, 5.74) is 0. The van der Waals surface area contributed by atoms with Crippen LogP contribution in [0.2, 0.25) is 0 Å². The molecule has 18 heavy (non-hydrogen) atoms. The maximum atomic E-state index is 5.87. The number of morpholine rings is 1. The number of rotatable bonds is 8. The first-order valence-electron chi connectivity index (χ1n) is 7.00. The predicted molar refractivity (Wildman–Crippen MR) is 75.6 cm³/mol. The van der Waals surface area contributed by atoms with E-state index >= 15 is 0 Å². The molecule has 1 heterocycles. The van der Waals surface area contributed by atoms with Gasteiger partial charge in [-0.2, -0.15) is 0 Å². The van der Waals surface area contributed by atoms with Gasteiger partial charge >= 0.3 is 0 Å². The first-order valence-corrected chi connectivity index (χ1v) is 7.00. The summed E-state index contributed by atoms with van der Waals surface area (Å²) in [6, 6.07) is 0. The van der Waals surface area contributed by atoms with Crippen molar-refractivity contribution in [3.8, 4) is 0 Å². The van der Waals surface area contributed by atoms with E-state index in [0.717, 1.165) is 51.6 Å². The molecule has 0 N–H and O–H groups in total. The Bertz CT molecular complexity index is 257. The van der Waals surface area contributed by atoms with Crippen LogP contribution in [0, 0.1) is 5.92 Å². The van der Waals surface area contributed by atoms with Crippen LogP contribution in [0.4, 0.5) is 0 Å². The van der Waals surface area contributed by atoms with Gasteiger partial charge in [-0.15, -0.1) is 0 Å². The average molecular weight is 253 g/mol. The zero-order valence-electron chi connectivity index (χ0n) is 11.9. The molecule has 0 saturated carbocycles. The highest BCUT2D eigenvalue weighted by atomic mass is 16.5. The summed E-state index contributed by atoms with van der Waals surface area (Å²) in [5.74, 6) is 1.73. The summed E-state index contributed by atoms with van der Waals surface area (Å²) >= 11 is 0. The Labute approximate surface area is 111 Å². The summed E-state index contributed by atoms with van der Waals surface area (Å²) in [4.78, 5) is 2.39. The largest absolute Gasteiger partial charge is 0.497 e. The topological polar surface area (TPSA) is 21.7 Å². The molecule has 1 aliphatic rings. The van der Waals surface area contributed by atoms with E-state index in [1.165, 1.54) is 6.42 Å². The fourth-order valence-corrected chi connectivity index (χ4v) is 1.92. The monoisotopic (exact) mass is 253 g/mol. The summed E-state index contributed by atoms with van der Waals surface area (Å²) in [6.45, 7) is 13.7. The Morgan fingerprint density at radius 2 is 2.17 bits per heavy atom. The van der Waals surface area contributed by atoms with Crippen molar-refractivity contribution in [2.45, 2.75) is 26.7 Å². The van der Waals surface area contributed by atoms with Crippen LogP contribution in [0.15, 0.2) is 24.5 Å². The van der Waals surface area contributed by atoms with Crippen LogP contribution >= 0.6 is 0 Å².